The van der Waals surface area contributed by atoms with E-state index in [1.807, 2.05) is 6.07 Å². The van der Waals surface area contributed by atoms with Gasteiger partial charge >= 0.3 is 0 Å². The first-order valence-electron chi connectivity index (χ1n) is 3.88. The summed E-state index contributed by atoms with van der Waals surface area (Å²) in [5, 5.41) is 9.13. The Hall–Kier alpha value is -1.53. The van der Waals surface area contributed by atoms with E-state index in [0.29, 0.717) is 10.6 Å². The van der Waals surface area contributed by atoms with Crippen molar-refractivity contribution in [3.63, 3.8) is 0 Å². The van der Waals surface area contributed by atoms with Crippen LogP contribution in [0.2, 0.25) is 5.02 Å². The highest BCUT2D eigenvalue weighted by molar-refractivity contribution is 6.31. The molecule has 1 aromatic carbocycles. The third kappa shape index (κ3) is 1.86. The number of ether oxygens (including phenoxy) is 1. The molecule has 72 valence electrons. The van der Waals surface area contributed by atoms with Crippen LogP contribution in [0, 0.1) is 11.3 Å². The van der Waals surface area contributed by atoms with Crippen molar-refractivity contribution in [2.24, 2.45) is 0 Å². The van der Waals surface area contributed by atoms with Crippen molar-refractivity contribution in [2.45, 2.75) is 6.92 Å². The molecule has 0 amide bonds. The van der Waals surface area contributed by atoms with E-state index < -0.39 is 0 Å². The van der Waals surface area contributed by atoms with Gasteiger partial charge in [0.25, 0.3) is 0 Å². The van der Waals surface area contributed by atoms with Crippen molar-refractivity contribution in [1.82, 2.24) is 0 Å². The van der Waals surface area contributed by atoms with E-state index in [4.69, 9.17) is 21.6 Å². The number of ketones is 1. The molecule has 0 fully saturated rings. The Labute approximate surface area is 86.9 Å². The molecule has 0 atom stereocenters. The highest BCUT2D eigenvalue weighted by atomic mass is 35.5. The summed E-state index contributed by atoms with van der Waals surface area (Å²) in [6, 6.07) is 4.88. The number of hydrogen-bond acceptors (Lipinski definition) is 3. The third-order valence-electron chi connectivity index (χ3n) is 1.76. The molecule has 0 aliphatic carbocycles. The van der Waals surface area contributed by atoms with Gasteiger partial charge in [0.15, 0.2) is 5.78 Å². The topological polar surface area (TPSA) is 50.1 Å². The number of carbonyl (C=O) groups is 1. The van der Waals surface area contributed by atoms with E-state index in [1.54, 1.807) is 0 Å². The van der Waals surface area contributed by atoms with Crippen molar-refractivity contribution < 1.29 is 9.53 Å². The van der Waals surface area contributed by atoms with E-state index in [0.717, 1.165) is 0 Å². The first-order valence-corrected chi connectivity index (χ1v) is 4.26. The average molecular weight is 210 g/mol. The Morgan fingerprint density at radius 3 is 2.64 bits per heavy atom. The molecule has 1 aromatic rings. The molecule has 3 nitrogen and oxygen atoms in total. The minimum atomic E-state index is -0.180. The third-order valence-corrected chi connectivity index (χ3v) is 1.98. The summed E-state index contributed by atoms with van der Waals surface area (Å²) in [5.74, 6) is 0.102. The number of Topliss-reactive ketones (excluding diaryl/α,β-unsaturated/α-hetero) is 1. The second-order valence-electron chi connectivity index (χ2n) is 2.70. The lowest BCUT2D eigenvalue weighted by atomic mass is 10.1. The Morgan fingerprint density at radius 2 is 2.21 bits per heavy atom. The molecule has 0 spiro atoms. The highest BCUT2D eigenvalue weighted by Gasteiger charge is 2.13. The summed E-state index contributed by atoms with van der Waals surface area (Å²) in [6.45, 7) is 1.40. The molecule has 0 radical (unpaired) electrons. The lowest BCUT2D eigenvalue weighted by molar-refractivity contribution is 0.101. The number of rotatable bonds is 2. The Kier molecular flexibility index (Phi) is 3.10. The lowest BCUT2D eigenvalue weighted by Gasteiger charge is -2.07. The van der Waals surface area contributed by atoms with Crippen molar-refractivity contribution in [3.05, 3.63) is 28.3 Å². The molecule has 0 saturated heterocycles. The number of benzene rings is 1. The number of carbonyl (C=O) groups excluding carboxylic acids is 1. The smallest absolute Gasteiger partial charge is 0.163 e. The van der Waals surface area contributed by atoms with E-state index in [9.17, 15) is 4.79 Å². The van der Waals surface area contributed by atoms with E-state index in [1.165, 1.54) is 26.2 Å². The number of halogens is 1. The normalized spacial score (nSPS) is 9.29. The van der Waals surface area contributed by atoms with E-state index in [2.05, 4.69) is 0 Å². The summed E-state index contributed by atoms with van der Waals surface area (Å²) in [5.41, 5.74) is 0.599. The van der Waals surface area contributed by atoms with Crippen LogP contribution in [0.25, 0.3) is 0 Å². The van der Waals surface area contributed by atoms with Crippen LogP contribution in [-0.2, 0) is 0 Å². The van der Waals surface area contributed by atoms with Crippen molar-refractivity contribution in [3.8, 4) is 11.8 Å². The number of hydrogen-bond donors (Lipinski definition) is 0. The Morgan fingerprint density at radius 1 is 1.57 bits per heavy atom. The average Bonchev–Trinajstić information content (AvgIpc) is 2.16. The molecule has 0 bridgehead atoms. The van der Waals surface area contributed by atoms with Crippen LogP contribution in [0.15, 0.2) is 12.1 Å². The Bertz CT molecular complexity index is 421. The minimum absolute atomic E-state index is 0.180. The van der Waals surface area contributed by atoms with E-state index in [-0.39, 0.29) is 17.1 Å². The van der Waals surface area contributed by atoms with Crippen LogP contribution in [0.5, 0.6) is 5.75 Å². The van der Waals surface area contributed by atoms with Gasteiger partial charge in [0.1, 0.15) is 11.8 Å². The predicted octanol–water partition coefficient (Wildman–Crippen LogP) is 2.42. The highest BCUT2D eigenvalue weighted by Crippen LogP contribution is 2.27. The van der Waals surface area contributed by atoms with Crippen LogP contribution >= 0.6 is 11.6 Å². The second kappa shape index (κ2) is 4.12. The molecule has 0 heterocycles. The maximum atomic E-state index is 11.2. The van der Waals surface area contributed by atoms with Crippen LogP contribution < -0.4 is 4.74 Å². The predicted molar refractivity (Wildman–Crippen MR) is 52.7 cm³/mol. The number of nitrogens with zero attached hydrogens (tertiary/aromatic N) is 1. The summed E-state index contributed by atoms with van der Waals surface area (Å²) >= 11 is 5.74. The lowest BCUT2D eigenvalue weighted by Crippen LogP contribution is -1.99. The summed E-state index contributed by atoms with van der Waals surface area (Å²) in [6.07, 6.45) is 0. The largest absolute Gasteiger partial charge is 0.495 e. The van der Waals surface area contributed by atoms with Crippen molar-refractivity contribution in [2.75, 3.05) is 7.11 Å². The summed E-state index contributed by atoms with van der Waals surface area (Å²) in [7, 11) is 1.41. The minimum Gasteiger partial charge on any atom is -0.495 e. The second-order valence-corrected chi connectivity index (χ2v) is 3.14. The maximum Gasteiger partial charge on any atom is 0.163 e. The first kappa shape index (κ1) is 10.6. The summed E-state index contributed by atoms with van der Waals surface area (Å²) in [4.78, 5) is 11.2. The molecule has 0 unspecified atom stereocenters. The quantitative estimate of drug-likeness (QED) is 0.703. The maximum absolute atomic E-state index is 11.2. The van der Waals surface area contributed by atoms with Gasteiger partial charge in [-0.3, -0.25) is 4.79 Å². The van der Waals surface area contributed by atoms with E-state index >= 15 is 0 Å². The zero-order valence-corrected chi connectivity index (χ0v) is 8.55. The standard InChI is InChI=1S/C10H8ClNO2/c1-6(13)9-4-8(11)3-7(5-12)10(9)14-2/h3-4H,1-2H3. The van der Waals surface area contributed by atoms with Gasteiger partial charge in [0.05, 0.1) is 18.2 Å². The molecule has 14 heavy (non-hydrogen) atoms. The van der Waals surface area contributed by atoms with Crippen molar-refractivity contribution >= 4 is 17.4 Å². The van der Waals surface area contributed by atoms with Gasteiger partial charge in [-0.1, -0.05) is 11.6 Å². The molecular formula is C10H8ClNO2. The van der Waals surface area contributed by atoms with Gasteiger partial charge in [-0.2, -0.15) is 5.26 Å². The van der Waals surface area contributed by atoms with Gasteiger partial charge < -0.3 is 4.74 Å². The number of nitriles is 1. The molecule has 0 aromatic heterocycles. The molecule has 4 heteroatoms. The Balaban J connectivity index is 3.49. The van der Waals surface area contributed by atoms with Gasteiger partial charge in [0, 0.05) is 5.02 Å². The van der Waals surface area contributed by atoms with Gasteiger partial charge in [0.2, 0.25) is 0 Å². The van der Waals surface area contributed by atoms with Gasteiger partial charge in [-0.25, -0.2) is 0 Å². The van der Waals surface area contributed by atoms with Gasteiger partial charge in [-0.05, 0) is 19.1 Å². The molecule has 0 saturated carbocycles. The molecule has 0 aliphatic heterocycles. The van der Waals surface area contributed by atoms with Crippen LogP contribution in [0.3, 0.4) is 0 Å². The SMILES string of the molecule is COc1c(C#N)cc(Cl)cc1C(C)=O. The number of methoxy groups -OCH3 is 1. The summed E-state index contributed by atoms with van der Waals surface area (Å²) < 4.78 is 4.98. The monoisotopic (exact) mass is 209 g/mol. The molecule has 1 rings (SSSR count). The van der Waals surface area contributed by atoms with Crippen LogP contribution in [-0.4, -0.2) is 12.9 Å². The van der Waals surface area contributed by atoms with Crippen molar-refractivity contribution in [1.29, 1.82) is 5.26 Å². The van der Waals surface area contributed by atoms with Crippen LogP contribution in [0.1, 0.15) is 22.8 Å². The zero-order chi connectivity index (χ0) is 10.7. The molecule has 0 aliphatic rings. The van der Waals surface area contributed by atoms with Crippen LogP contribution in [0.4, 0.5) is 0 Å². The molecular weight excluding hydrogens is 202 g/mol. The fraction of sp³-hybridized carbons (Fsp3) is 0.200. The van der Waals surface area contributed by atoms with Gasteiger partial charge in [-0.15, -0.1) is 0 Å². The molecule has 0 N–H and O–H groups in total. The first-order chi connectivity index (χ1) is 6.60. The fourth-order valence-corrected chi connectivity index (χ4v) is 1.38. The fourth-order valence-electron chi connectivity index (χ4n) is 1.16. The zero-order valence-electron chi connectivity index (χ0n) is 7.80.